The number of hydrogen-bond acceptors (Lipinski definition) is 3. The highest BCUT2D eigenvalue weighted by molar-refractivity contribution is 5.25. The van der Waals surface area contributed by atoms with Gasteiger partial charge in [0.25, 0.3) is 0 Å². The summed E-state index contributed by atoms with van der Waals surface area (Å²) in [6, 6.07) is 8.83. The van der Waals surface area contributed by atoms with Crippen LogP contribution in [0.1, 0.15) is 19.4 Å². The summed E-state index contributed by atoms with van der Waals surface area (Å²) in [5, 5.41) is 12.8. The third-order valence-corrected chi connectivity index (χ3v) is 2.78. The molecule has 114 valence electrons. The van der Waals surface area contributed by atoms with Gasteiger partial charge in [-0.2, -0.15) is 13.2 Å². The summed E-state index contributed by atoms with van der Waals surface area (Å²) in [6.07, 6.45) is -4.38. The molecule has 0 bridgehead atoms. The first kappa shape index (κ1) is 16.9. The van der Waals surface area contributed by atoms with E-state index in [9.17, 15) is 18.3 Å². The molecule has 1 atom stereocenters. The van der Waals surface area contributed by atoms with Crippen LogP contribution < -0.4 is 5.32 Å². The summed E-state index contributed by atoms with van der Waals surface area (Å²) < 4.78 is 41.3. The average molecular weight is 291 g/mol. The van der Waals surface area contributed by atoms with Gasteiger partial charge in [0.1, 0.15) is 6.61 Å². The normalized spacial score (nSPS) is 15.3. The van der Waals surface area contributed by atoms with Gasteiger partial charge in [0.2, 0.25) is 0 Å². The van der Waals surface area contributed by atoms with Crippen molar-refractivity contribution in [3.05, 3.63) is 35.9 Å². The van der Waals surface area contributed by atoms with Crippen molar-refractivity contribution in [2.45, 2.75) is 31.6 Å². The van der Waals surface area contributed by atoms with Gasteiger partial charge in [-0.05, 0) is 19.4 Å². The minimum atomic E-state index is -4.38. The molecule has 1 aromatic carbocycles. The second-order valence-electron chi connectivity index (χ2n) is 5.01. The average Bonchev–Trinajstić information content (AvgIpc) is 2.36. The van der Waals surface area contributed by atoms with Crippen LogP contribution in [0.15, 0.2) is 30.3 Å². The topological polar surface area (TPSA) is 41.5 Å². The standard InChI is InChI=1S/C14H20F3NO2/c1-11(2)18-13(8-19,9-20-10-14(15,16)17)12-6-4-3-5-7-12/h3-7,11,18-19H,8-10H2,1-2H3. The molecule has 6 heteroatoms. The van der Waals surface area contributed by atoms with Gasteiger partial charge in [-0.15, -0.1) is 0 Å². The zero-order valence-corrected chi connectivity index (χ0v) is 11.6. The monoisotopic (exact) mass is 291 g/mol. The van der Waals surface area contributed by atoms with Crippen LogP contribution in [-0.4, -0.2) is 37.1 Å². The third-order valence-electron chi connectivity index (χ3n) is 2.78. The highest BCUT2D eigenvalue weighted by Gasteiger charge is 2.35. The van der Waals surface area contributed by atoms with Crippen molar-refractivity contribution in [3.63, 3.8) is 0 Å². The van der Waals surface area contributed by atoms with Crippen molar-refractivity contribution in [1.29, 1.82) is 0 Å². The lowest BCUT2D eigenvalue weighted by Crippen LogP contribution is -2.52. The highest BCUT2D eigenvalue weighted by atomic mass is 19.4. The Bertz CT molecular complexity index is 395. The second kappa shape index (κ2) is 7.06. The van der Waals surface area contributed by atoms with Gasteiger partial charge < -0.3 is 15.2 Å². The fourth-order valence-corrected chi connectivity index (χ4v) is 2.04. The zero-order chi connectivity index (χ0) is 15.2. The molecule has 1 rings (SSSR count). The van der Waals surface area contributed by atoms with E-state index in [0.29, 0.717) is 5.56 Å². The van der Waals surface area contributed by atoms with Gasteiger partial charge in [-0.25, -0.2) is 0 Å². The van der Waals surface area contributed by atoms with Crippen LogP contribution in [0.3, 0.4) is 0 Å². The van der Waals surface area contributed by atoms with E-state index >= 15 is 0 Å². The van der Waals surface area contributed by atoms with Crippen molar-refractivity contribution in [3.8, 4) is 0 Å². The Balaban J connectivity index is 2.89. The molecule has 1 aromatic rings. The van der Waals surface area contributed by atoms with Crippen molar-refractivity contribution in [2.75, 3.05) is 19.8 Å². The minimum Gasteiger partial charge on any atom is -0.394 e. The molecule has 0 aliphatic rings. The number of benzene rings is 1. The molecule has 0 spiro atoms. The Kier molecular flexibility index (Phi) is 5.98. The van der Waals surface area contributed by atoms with E-state index in [0.717, 1.165) is 0 Å². The summed E-state index contributed by atoms with van der Waals surface area (Å²) in [5.41, 5.74) is -0.348. The number of nitrogens with one attached hydrogen (secondary N) is 1. The summed E-state index contributed by atoms with van der Waals surface area (Å²) >= 11 is 0. The van der Waals surface area contributed by atoms with Crippen molar-refractivity contribution in [2.24, 2.45) is 0 Å². The predicted octanol–water partition coefficient (Wildman–Crippen LogP) is 2.45. The zero-order valence-electron chi connectivity index (χ0n) is 11.6. The van der Waals surface area contributed by atoms with Crippen LogP contribution in [0.5, 0.6) is 0 Å². The molecule has 0 amide bonds. The summed E-state index contributed by atoms with van der Waals surface area (Å²) in [6.45, 7) is 1.77. The molecule has 0 aromatic heterocycles. The third kappa shape index (κ3) is 5.11. The quantitative estimate of drug-likeness (QED) is 0.811. The number of aliphatic hydroxyl groups excluding tert-OH is 1. The van der Waals surface area contributed by atoms with Crippen LogP contribution >= 0.6 is 0 Å². The second-order valence-corrected chi connectivity index (χ2v) is 5.01. The molecule has 0 heterocycles. The molecule has 0 saturated carbocycles. The Morgan fingerprint density at radius 3 is 2.20 bits per heavy atom. The number of alkyl halides is 3. The maximum atomic E-state index is 12.2. The molecule has 0 fully saturated rings. The van der Waals surface area contributed by atoms with Gasteiger partial charge in [0, 0.05) is 6.04 Å². The van der Waals surface area contributed by atoms with Crippen LogP contribution in [0, 0.1) is 0 Å². The Morgan fingerprint density at radius 2 is 1.75 bits per heavy atom. The van der Waals surface area contributed by atoms with Gasteiger partial charge in [-0.3, -0.25) is 0 Å². The molecule has 2 N–H and O–H groups in total. The molecular weight excluding hydrogens is 271 g/mol. The molecule has 20 heavy (non-hydrogen) atoms. The first-order valence-corrected chi connectivity index (χ1v) is 6.38. The first-order valence-electron chi connectivity index (χ1n) is 6.38. The fourth-order valence-electron chi connectivity index (χ4n) is 2.04. The number of aliphatic hydroxyl groups is 1. The van der Waals surface area contributed by atoms with Crippen molar-refractivity contribution < 1.29 is 23.0 Å². The van der Waals surface area contributed by atoms with E-state index < -0.39 is 18.3 Å². The molecule has 0 aliphatic carbocycles. The summed E-state index contributed by atoms with van der Waals surface area (Å²) in [7, 11) is 0. The van der Waals surface area contributed by atoms with E-state index in [1.54, 1.807) is 30.3 Å². The number of ether oxygens (including phenoxy) is 1. The first-order chi connectivity index (χ1) is 9.29. The summed E-state index contributed by atoms with van der Waals surface area (Å²) in [4.78, 5) is 0. The Labute approximate surface area is 116 Å². The van der Waals surface area contributed by atoms with Gasteiger partial charge in [0.15, 0.2) is 0 Å². The van der Waals surface area contributed by atoms with E-state index in [4.69, 9.17) is 4.74 Å². The van der Waals surface area contributed by atoms with E-state index in [1.807, 2.05) is 13.8 Å². The van der Waals surface area contributed by atoms with E-state index in [1.165, 1.54) is 0 Å². The smallest absolute Gasteiger partial charge is 0.394 e. The minimum absolute atomic E-state index is 0.0168. The lowest BCUT2D eigenvalue weighted by molar-refractivity contribution is -0.180. The molecule has 1 unspecified atom stereocenters. The van der Waals surface area contributed by atoms with Gasteiger partial charge >= 0.3 is 6.18 Å². The maximum absolute atomic E-state index is 12.2. The predicted molar refractivity (Wildman–Crippen MR) is 70.4 cm³/mol. The highest BCUT2D eigenvalue weighted by Crippen LogP contribution is 2.24. The molecule has 0 aliphatic heterocycles. The van der Waals surface area contributed by atoms with Crippen molar-refractivity contribution in [1.82, 2.24) is 5.32 Å². The van der Waals surface area contributed by atoms with Gasteiger partial charge in [0.05, 0.1) is 18.8 Å². The van der Waals surface area contributed by atoms with Crippen LogP contribution in [0.4, 0.5) is 13.2 Å². The van der Waals surface area contributed by atoms with Gasteiger partial charge in [-0.1, -0.05) is 30.3 Å². The van der Waals surface area contributed by atoms with Crippen LogP contribution in [0.2, 0.25) is 0 Å². The SMILES string of the molecule is CC(C)NC(CO)(COCC(F)(F)F)c1ccccc1. The van der Waals surface area contributed by atoms with Crippen LogP contribution in [0.25, 0.3) is 0 Å². The van der Waals surface area contributed by atoms with E-state index in [-0.39, 0.29) is 19.3 Å². The largest absolute Gasteiger partial charge is 0.411 e. The number of rotatable bonds is 7. The number of halogens is 3. The Hall–Kier alpha value is -1.11. The summed E-state index contributed by atoms with van der Waals surface area (Å²) in [5.74, 6) is 0. The molecule has 0 radical (unpaired) electrons. The fraction of sp³-hybridized carbons (Fsp3) is 0.571. The Morgan fingerprint density at radius 1 is 1.15 bits per heavy atom. The van der Waals surface area contributed by atoms with Crippen molar-refractivity contribution >= 4 is 0 Å². The molecule has 3 nitrogen and oxygen atoms in total. The molecular formula is C14H20F3NO2. The van der Waals surface area contributed by atoms with E-state index in [2.05, 4.69) is 5.32 Å². The maximum Gasteiger partial charge on any atom is 0.411 e. The van der Waals surface area contributed by atoms with Crippen LogP contribution in [-0.2, 0) is 10.3 Å². The lowest BCUT2D eigenvalue weighted by atomic mass is 9.90. The number of hydrogen-bond donors (Lipinski definition) is 2. The molecule has 0 saturated heterocycles. The lowest BCUT2D eigenvalue weighted by Gasteiger charge is -2.35.